The number of benzene rings is 1. The van der Waals surface area contributed by atoms with E-state index < -0.39 is 0 Å². The van der Waals surface area contributed by atoms with Crippen LogP contribution < -0.4 is 5.32 Å². The number of hydrogen-bond acceptors (Lipinski definition) is 4. The minimum Gasteiger partial charge on any atom is -0.334 e. The van der Waals surface area contributed by atoms with Gasteiger partial charge in [-0.05, 0) is 26.1 Å². The van der Waals surface area contributed by atoms with Gasteiger partial charge in [0.25, 0.3) is 5.89 Å². The lowest BCUT2D eigenvalue weighted by Gasteiger charge is -2.04. The molecule has 0 spiro atoms. The van der Waals surface area contributed by atoms with Crippen molar-refractivity contribution in [2.75, 3.05) is 7.05 Å². The number of likely N-dealkylation sites (N-methyl/N-ethyl adjacent to an activating group) is 1. The zero-order chi connectivity index (χ0) is 12.3. The second kappa shape index (κ2) is 6.47. The van der Waals surface area contributed by atoms with Gasteiger partial charge in [0.15, 0.2) is 5.82 Å². The highest BCUT2D eigenvalue weighted by atomic mass is 35.5. The quantitative estimate of drug-likeness (QED) is 0.928. The molecule has 2 aromatic rings. The van der Waals surface area contributed by atoms with E-state index in [4.69, 9.17) is 4.52 Å². The normalized spacial score (nSPS) is 11.9. The van der Waals surface area contributed by atoms with Crippen LogP contribution in [0.2, 0.25) is 0 Å². The summed E-state index contributed by atoms with van der Waals surface area (Å²) < 4.78 is 18.5. The largest absolute Gasteiger partial charge is 0.334 e. The van der Waals surface area contributed by atoms with Gasteiger partial charge >= 0.3 is 0 Å². The lowest BCUT2D eigenvalue weighted by Crippen LogP contribution is -2.24. The van der Waals surface area contributed by atoms with Crippen LogP contribution in [0.25, 0.3) is 11.5 Å². The van der Waals surface area contributed by atoms with Crippen molar-refractivity contribution in [2.24, 2.45) is 0 Å². The van der Waals surface area contributed by atoms with Crippen LogP contribution in [0.4, 0.5) is 4.39 Å². The number of halogens is 2. The molecule has 0 radical (unpaired) electrons. The molecule has 0 aliphatic carbocycles. The first kappa shape index (κ1) is 14.6. The molecule has 1 unspecified atom stereocenters. The first-order valence-corrected chi connectivity index (χ1v) is 5.45. The zero-order valence-electron chi connectivity index (χ0n) is 10.2. The predicted molar refractivity (Wildman–Crippen MR) is 69.2 cm³/mol. The fourth-order valence-corrected chi connectivity index (χ4v) is 1.46. The van der Waals surface area contributed by atoms with E-state index in [1.165, 1.54) is 6.07 Å². The third-order valence-corrected chi connectivity index (χ3v) is 2.55. The molecule has 6 heteroatoms. The molecule has 0 bridgehead atoms. The molecule has 0 fully saturated rings. The average molecular weight is 272 g/mol. The summed E-state index contributed by atoms with van der Waals surface area (Å²) in [6.45, 7) is 2.01. The SMILES string of the molecule is CNC(C)Cc1noc(-c2ccccc2F)n1.Cl. The summed E-state index contributed by atoms with van der Waals surface area (Å²) in [5.74, 6) is 0.441. The van der Waals surface area contributed by atoms with Crippen molar-refractivity contribution >= 4 is 12.4 Å². The summed E-state index contributed by atoms with van der Waals surface area (Å²) in [5, 5.41) is 6.91. The highest BCUT2D eigenvalue weighted by Gasteiger charge is 2.13. The molecular formula is C12H15ClFN3O. The summed E-state index contributed by atoms with van der Waals surface area (Å²) >= 11 is 0. The molecule has 18 heavy (non-hydrogen) atoms. The maximum Gasteiger partial charge on any atom is 0.260 e. The fraction of sp³-hybridized carbons (Fsp3) is 0.333. The van der Waals surface area contributed by atoms with E-state index in [0.29, 0.717) is 17.8 Å². The van der Waals surface area contributed by atoms with Crippen molar-refractivity contribution in [1.29, 1.82) is 0 Å². The first-order chi connectivity index (χ1) is 8.20. The minimum atomic E-state index is -0.357. The molecule has 0 aliphatic rings. The molecule has 1 N–H and O–H groups in total. The molecule has 0 amide bonds. The Morgan fingerprint density at radius 1 is 1.39 bits per heavy atom. The minimum absolute atomic E-state index is 0. The third-order valence-electron chi connectivity index (χ3n) is 2.55. The average Bonchev–Trinajstić information content (AvgIpc) is 2.78. The van der Waals surface area contributed by atoms with E-state index in [2.05, 4.69) is 15.5 Å². The Hall–Kier alpha value is -1.46. The summed E-state index contributed by atoms with van der Waals surface area (Å²) in [5.41, 5.74) is 0.336. The van der Waals surface area contributed by atoms with Crippen LogP contribution in [0.15, 0.2) is 28.8 Å². The molecule has 0 saturated heterocycles. The Balaban J connectivity index is 0.00000162. The van der Waals surface area contributed by atoms with Crippen LogP contribution in [0.5, 0.6) is 0 Å². The van der Waals surface area contributed by atoms with E-state index in [0.717, 1.165) is 0 Å². The summed E-state index contributed by atoms with van der Waals surface area (Å²) in [6.07, 6.45) is 0.647. The molecule has 1 atom stereocenters. The van der Waals surface area contributed by atoms with Crippen molar-refractivity contribution in [3.63, 3.8) is 0 Å². The van der Waals surface area contributed by atoms with Gasteiger partial charge in [-0.25, -0.2) is 4.39 Å². The predicted octanol–water partition coefficient (Wildman–Crippen LogP) is 2.45. The van der Waals surface area contributed by atoms with E-state index in [9.17, 15) is 4.39 Å². The Kier molecular flexibility index (Phi) is 5.25. The van der Waals surface area contributed by atoms with Gasteiger partial charge in [0.1, 0.15) is 5.82 Å². The lowest BCUT2D eigenvalue weighted by molar-refractivity contribution is 0.416. The van der Waals surface area contributed by atoms with Crippen molar-refractivity contribution in [3.05, 3.63) is 35.9 Å². The smallest absolute Gasteiger partial charge is 0.260 e. The highest BCUT2D eigenvalue weighted by molar-refractivity contribution is 5.85. The Morgan fingerprint density at radius 3 is 2.78 bits per heavy atom. The number of nitrogens with one attached hydrogen (secondary N) is 1. The number of aromatic nitrogens is 2. The summed E-state index contributed by atoms with van der Waals surface area (Å²) in [6, 6.07) is 6.60. The second-order valence-corrected chi connectivity index (χ2v) is 3.89. The number of rotatable bonds is 4. The second-order valence-electron chi connectivity index (χ2n) is 3.89. The van der Waals surface area contributed by atoms with Crippen LogP contribution in [0.1, 0.15) is 12.7 Å². The Bertz CT molecular complexity index is 504. The molecule has 98 valence electrons. The Morgan fingerprint density at radius 2 is 2.11 bits per heavy atom. The number of nitrogens with zero attached hydrogens (tertiary/aromatic N) is 2. The standard InChI is InChI=1S/C12H14FN3O.ClH/c1-8(14-2)7-11-15-12(17-16-11)9-5-3-4-6-10(9)13;/h3-6,8,14H,7H2,1-2H3;1H. The molecule has 1 aromatic carbocycles. The van der Waals surface area contributed by atoms with Crippen molar-refractivity contribution in [1.82, 2.24) is 15.5 Å². The van der Waals surface area contributed by atoms with Gasteiger partial charge in [-0.15, -0.1) is 12.4 Å². The molecule has 1 aromatic heterocycles. The van der Waals surface area contributed by atoms with Gasteiger partial charge in [0, 0.05) is 12.5 Å². The molecular weight excluding hydrogens is 257 g/mol. The monoisotopic (exact) mass is 271 g/mol. The summed E-state index contributed by atoms with van der Waals surface area (Å²) in [4.78, 5) is 4.17. The van der Waals surface area contributed by atoms with Crippen molar-refractivity contribution in [2.45, 2.75) is 19.4 Å². The number of hydrogen-bond donors (Lipinski definition) is 1. The van der Waals surface area contributed by atoms with Gasteiger partial charge in [0.2, 0.25) is 0 Å². The lowest BCUT2D eigenvalue weighted by atomic mass is 10.2. The topological polar surface area (TPSA) is 51.0 Å². The van der Waals surface area contributed by atoms with Gasteiger partial charge in [-0.3, -0.25) is 0 Å². The Labute approximate surface area is 111 Å². The van der Waals surface area contributed by atoms with E-state index in [-0.39, 0.29) is 30.2 Å². The molecule has 2 rings (SSSR count). The van der Waals surface area contributed by atoms with Crippen LogP contribution in [-0.2, 0) is 6.42 Å². The van der Waals surface area contributed by atoms with Crippen LogP contribution in [0.3, 0.4) is 0 Å². The molecule has 0 aliphatic heterocycles. The van der Waals surface area contributed by atoms with Crippen LogP contribution in [-0.4, -0.2) is 23.2 Å². The molecule has 4 nitrogen and oxygen atoms in total. The van der Waals surface area contributed by atoms with Gasteiger partial charge < -0.3 is 9.84 Å². The van der Waals surface area contributed by atoms with Crippen LogP contribution in [0, 0.1) is 5.82 Å². The maximum atomic E-state index is 13.5. The van der Waals surface area contributed by atoms with Gasteiger partial charge in [0.05, 0.1) is 5.56 Å². The first-order valence-electron chi connectivity index (χ1n) is 5.45. The molecule has 0 saturated carbocycles. The third kappa shape index (κ3) is 3.27. The maximum absolute atomic E-state index is 13.5. The highest BCUT2D eigenvalue weighted by Crippen LogP contribution is 2.20. The van der Waals surface area contributed by atoms with E-state index >= 15 is 0 Å². The van der Waals surface area contributed by atoms with Crippen molar-refractivity contribution < 1.29 is 8.91 Å². The van der Waals surface area contributed by atoms with Crippen LogP contribution >= 0.6 is 12.4 Å². The summed E-state index contributed by atoms with van der Waals surface area (Å²) in [7, 11) is 1.86. The molecule has 1 heterocycles. The fourth-order valence-electron chi connectivity index (χ4n) is 1.46. The van der Waals surface area contributed by atoms with E-state index in [1.54, 1.807) is 18.2 Å². The van der Waals surface area contributed by atoms with Gasteiger partial charge in [-0.2, -0.15) is 4.98 Å². The zero-order valence-corrected chi connectivity index (χ0v) is 11.0. The van der Waals surface area contributed by atoms with Crippen molar-refractivity contribution in [3.8, 4) is 11.5 Å². The van der Waals surface area contributed by atoms with E-state index in [1.807, 2.05) is 14.0 Å². The van der Waals surface area contributed by atoms with Gasteiger partial charge in [-0.1, -0.05) is 17.3 Å².